The van der Waals surface area contributed by atoms with Gasteiger partial charge in [-0.05, 0) is 28.3 Å². The van der Waals surface area contributed by atoms with E-state index in [9.17, 15) is 4.79 Å². The van der Waals surface area contributed by atoms with Crippen LogP contribution in [0, 0.1) is 0 Å². The summed E-state index contributed by atoms with van der Waals surface area (Å²) in [5, 5.41) is 13.1. The van der Waals surface area contributed by atoms with Crippen LogP contribution in [0.4, 0.5) is 5.69 Å². The first kappa shape index (κ1) is 12.1. The predicted octanol–water partition coefficient (Wildman–Crippen LogP) is 3.88. The summed E-state index contributed by atoms with van der Waals surface area (Å²) in [5.74, 6) is -0.731. The number of thiophene rings is 2. The van der Waals surface area contributed by atoms with Crippen LogP contribution in [0.2, 0.25) is 0 Å². The average Bonchev–Trinajstić information content (AvgIpc) is 2.82. The van der Waals surface area contributed by atoms with E-state index >= 15 is 0 Å². The van der Waals surface area contributed by atoms with Crippen LogP contribution in [0.5, 0.6) is 0 Å². The molecule has 2 aromatic heterocycles. The molecule has 17 heavy (non-hydrogen) atoms. The first-order valence-electron chi connectivity index (χ1n) is 5.20. The Morgan fingerprint density at radius 2 is 2.18 bits per heavy atom. The molecule has 0 saturated heterocycles. The van der Waals surface area contributed by atoms with Crippen LogP contribution in [0.3, 0.4) is 0 Å². The number of carboxylic acids is 1. The van der Waals surface area contributed by atoms with Crippen molar-refractivity contribution >= 4 is 34.3 Å². The maximum Gasteiger partial charge on any atom is 0.348 e. The van der Waals surface area contributed by atoms with E-state index in [4.69, 9.17) is 10.8 Å². The fraction of sp³-hybridized carbons (Fsp3) is 0.250. The molecule has 0 aromatic carbocycles. The van der Waals surface area contributed by atoms with Crippen LogP contribution in [0.25, 0.3) is 10.4 Å². The first-order valence-corrected chi connectivity index (χ1v) is 6.96. The maximum atomic E-state index is 11.1. The molecule has 2 rings (SSSR count). The molecule has 5 heteroatoms. The van der Waals surface area contributed by atoms with Gasteiger partial charge in [0.1, 0.15) is 4.88 Å². The number of nitrogen functional groups attached to an aromatic ring is 1. The number of carboxylic acid groups (broad SMARTS) is 1. The number of rotatable bonds is 3. The summed E-state index contributed by atoms with van der Waals surface area (Å²) in [6.45, 7) is 4.06. The van der Waals surface area contributed by atoms with Crippen molar-refractivity contribution < 1.29 is 9.90 Å². The second kappa shape index (κ2) is 4.50. The molecule has 0 amide bonds. The minimum Gasteiger partial charge on any atom is -0.477 e. The molecule has 0 spiro atoms. The molecule has 90 valence electrons. The van der Waals surface area contributed by atoms with Gasteiger partial charge in [-0.15, -0.1) is 11.3 Å². The summed E-state index contributed by atoms with van der Waals surface area (Å²) in [7, 11) is 0. The molecule has 3 N–H and O–H groups in total. The molecule has 0 aliphatic heterocycles. The van der Waals surface area contributed by atoms with Gasteiger partial charge in [-0.25, -0.2) is 4.79 Å². The van der Waals surface area contributed by atoms with Gasteiger partial charge >= 0.3 is 5.97 Å². The van der Waals surface area contributed by atoms with Gasteiger partial charge in [0, 0.05) is 10.4 Å². The summed E-state index contributed by atoms with van der Waals surface area (Å²) in [6.07, 6.45) is 0. The highest BCUT2D eigenvalue weighted by Crippen LogP contribution is 2.43. The van der Waals surface area contributed by atoms with Crippen LogP contribution < -0.4 is 5.73 Å². The zero-order valence-electron chi connectivity index (χ0n) is 9.56. The Morgan fingerprint density at radius 1 is 1.47 bits per heavy atom. The SMILES string of the molecule is CC(C)c1c(-c2ccsc2)sc(C(=O)O)c1N. The summed E-state index contributed by atoms with van der Waals surface area (Å²) < 4.78 is 0. The zero-order valence-corrected chi connectivity index (χ0v) is 11.2. The van der Waals surface area contributed by atoms with Gasteiger partial charge in [0.05, 0.1) is 5.69 Å². The third kappa shape index (κ3) is 2.08. The largest absolute Gasteiger partial charge is 0.477 e. The van der Waals surface area contributed by atoms with E-state index in [0.717, 1.165) is 16.0 Å². The molecule has 0 saturated carbocycles. The van der Waals surface area contributed by atoms with Gasteiger partial charge in [0.2, 0.25) is 0 Å². The molecule has 0 atom stereocenters. The normalized spacial score (nSPS) is 11.0. The summed E-state index contributed by atoms with van der Waals surface area (Å²) in [4.78, 5) is 12.3. The van der Waals surface area contributed by atoms with Crippen molar-refractivity contribution in [2.24, 2.45) is 0 Å². The zero-order chi connectivity index (χ0) is 12.6. The Balaban J connectivity index is 2.66. The predicted molar refractivity (Wildman–Crippen MR) is 73.1 cm³/mol. The van der Waals surface area contributed by atoms with Crippen molar-refractivity contribution in [2.75, 3.05) is 5.73 Å². The van der Waals surface area contributed by atoms with E-state index < -0.39 is 5.97 Å². The van der Waals surface area contributed by atoms with Gasteiger partial charge in [-0.1, -0.05) is 13.8 Å². The second-order valence-corrected chi connectivity index (χ2v) is 5.86. The average molecular weight is 267 g/mol. The number of nitrogens with two attached hydrogens (primary N) is 1. The van der Waals surface area contributed by atoms with E-state index in [1.807, 2.05) is 30.7 Å². The molecule has 3 nitrogen and oxygen atoms in total. The maximum absolute atomic E-state index is 11.1. The van der Waals surface area contributed by atoms with Crippen molar-refractivity contribution in [3.8, 4) is 10.4 Å². The lowest BCUT2D eigenvalue weighted by molar-refractivity contribution is 0.0703. The van der Waals surface area contributed by atoms with E-state index in [0.29, 0.717) is 5.69 Å². The van der Waals surface area contributed by atoms with Gasteiger partial charge < -0.3 is 10.8 Å². The van der Waals surface area contributed by atoms with Crippen LogP contribution in [0.1, 0.15) is 35.0 Å². The van der Waals surface area contributed by atoms with Crippen molar-refractivity contribution in [3.05, 3.63) is 27.3 Å². The molecular formula is C12H13NO2S2. The van der Waals surface area contributed by atoms with Crippen LogP contribution in [0.15, 0.2) is 16.8 Å². The van der Waals surface area contributed by atoms with Gasteiger partial charge in [-0.3, -0.25) is 0 Å². The van der Waals surface area contributed by atoms with Crippen LogP contribution >= 0.6 is 22.7 Å². The second-order valence-electron chi connectivity index (χ2n) is 4.06. The third-order valence-corrected chi connectivity index (χ3v) is 4.48. The van der Waals surface area contributed by atoms with Crippen molar-refractivity contribution in [3.63, 3.8) is 0 Å². The van der Waals surface area contributed by atoms with Crippen molar-refractivity contribution in [2.45, 2.75) is 19.8 Å². The Bertz CT molecular complexity index is 541. The summed E-state index contributed by atoms with van der Waals surface area (Å²) in [6, 6.07) is 1.99. The highest BCUT2D eigenvalue weighted by atomic mass is 32.1. The smallest absolute Gasteiger partial charge is 0.348 e. The Labute approximate surface area is 108 Å². The monoisotopic (exact) mass is 267 g/mol. The fourth-order valence-electron chi connectivity index (χ4n) is 1.80. The fourth-order valence-corrected chi connectivity index (χ4v) is 3.73. The minimum atomic E-state index is -0.948. The lowest BCUT2D eigenvalue weighted by Crippen LogP contribution is -2.00. The highest BCUT2D eigenvalue weighted by Gasteiger charge is 2.23. The first-order chi connectivity index (χ1) is 8.02. The number of hydrogen-bond acceptors (Lipinski definition) is 4. The van der Waals surface area contributed by atoms with E-state index in [2.05, 4.69) is 0 Å². The topological polar surface area (TPSA) is 63.3 Å². The Kier molecular flexibility index (Phi) is 3.22. The number of anilines is 1. The van der Waals surface area contributed by atoms with Gasteiger partial charge in [0.15, 0.2) is 0 Å². The Hall–Kier alpha value is -1.33. The number of carbonyl (C=O) groups is 1. The number of hydrogen-bond donors (Lipinski definition) is 2. The molecule has 2 aromatic rings. The molecule has 0 bridgehead atoms. The number of aromatic carboxylic acids is 1. The lowest BCUT2D eigenvalue weighted by Gasteiger charge is -2.07. The van der Waals surface area contributed by atoms with Gasteiger partial charge in [-0.2, -0.15) is 11.3 Å². The van der Waals surface area contributed by atoms with E-state index in [1.165, 1.54) is 11.3 Å². The summed E-state index contributed by atoms with van der Waals surface area (Å²) >= 11 is 2.86. The third-order valence-electron chi connectivity index (χ3n) is 2.54. The Morgan fingerprint density at radius 3 is 2.65 bits per heavy atom. The van der Waals surface area contributed by atoms with Crippen LogP contribution in [-0.4, -0.2) is 11.1 Å². The molecule has 0 radical (unpaired) electrons. The molecule has 0 aliphatic rings. The standard InChI is InChI=1S/C12H13NO2S2/c1-6(2)8-9(13)11(12(14)15)17-10(8)7-3-4-16-5-7/h3-6H,13H2,1-2H3,(H,14,15). The van der Waals surface area contributed by atoms with E-state index in [-0.39, 0.29) is 10.8 Å². The molecule has 0 fully saturated rings. The van der Waals surface area contributed by atoms with E-state index in [1.54, 1.807) is 11.3 Å². The molecule has 0 aliphatic carbocycles. The van der Waals surface area contributed by atoms with Gasteiger partial charge in [0.25, 0.3) is 0 Å². The van der Waals surface area contributed by atoms with Crippen molar-refractivity contribution in [1.82, 2.24) is 0 Å². The van der Waals surface area contributed by atoms with Crippen LogP contribution in [-0.2, 0) is 0 Å². The molecule has 0 unspecified atom stereocenters. The molecule has 2 heterocycles. The quantitative estimate of drug-likeness (QED) is 0.887. The summed E-state index contributed by atoms with van der Waals surface area (Å²) in [5.41, 5.74) is 8.37. The molecular weight excluding hydrogens is 254 g/mol. The highest BCUT2D eigenvalue weighted by molar-refractivity contribution is 7.18. The minimum absolute atomic E-state index is 0.217. The van der Waals surface area contributed by atoms with Crippen molar-refractivity contribution in [1.29, 1.82) is 0 Å². The lowest BCUT2D eigenvalue weighted by atomic mass is 9.99.